The number of benzene rings is 2. The van der Waals surface area contributed by atoms with E-state index in [2.05, 4.69) is 10.1 Å². The average Bonchev–Trinajstić information content (AvgIpc) is 2.72. The van der Waals surface area contributed by atoms with Crippen molar-refractivity contribution in [2.75, 3.05) is 20.3 Å². The number of nitrogens with one attached hydrogen (secondary N) is 1. The minimum absolute atomic E-state index is 0.0581. The van der Waals surface area contributed by atoms with E-state index in [1.807, 2.05) is 6.92 Å². The third-order valence-corrected chi connectivity index (χ3v) is 4.25. The predicted octanol–water partition coefficient (Wildman–Crippen LogP) is 4.02. The smallest absolute Gasteiger partial charge is 0.387 e. The lowest BCUT2D eigenvalue weighted by Gasteiger charge is -2.12. The maximum Gasteiger partial charge on any atom is 0.387 e. The van der Waals surface area contributed by atoms with E-state index >= 15 is 0 Å². The third kappa shape index (κ3) is 7.35. The molecule has 0 atom stereocenters. The summed E-state index contributed by atoms with van der Waals surface area (Å²) in [5.74, 6) is 0.449. The molecule has 6 nitrogen and oxygen atoms in total. The Morgan fingerprint density at radius 2 is 1.77 bits per heavy atom. The first-order chi connectivity index (χ1) is 14.4. The van der Waals surface area contributed by atoms with E-state index in [-0.39, 0.29) is 36.0 Å². The van der Waals surface area contributed by atoms with E-state index in [1.54, 1.807) is 30.3 Å². The van der Waals surface area contributed by atoms with Crippen LogP contribution in [0.15, 0.2) is 42.5 Å². The van der Waals surface area contributed by atoms with Gasteiger partial charge in [-0.1, -0.05) is 6.07 Å². The van der Waals surface area contributed by atoms with Crippen LogP contribution in [0.1, 0.15) is 35.7 Å². The second kappa shape index (κ2) is 11.7. The highest BCUT2D eigenvalue weighted by Crippen LogP contribution is 2.29. The van der Waals surface area contributed by atoms with Crippen molar-refractivity contribution in [3.8, 4) is 17.2 Å². The number of methoxy groups -OCH3 is 1. The zero-order chi connectivity index (χ0) is 21.9. The molecule has 2 rings (SSSR count). The van der Waals surface area contributed by atoms with Crippen molar-refractivity contribution >= 4 is 11.7 Å². The van der Waals surface area contributed by atoms with E-state index in [4.69, 9.17) is 9.47 Å². The fourth-order valence-corrected chi connectivity index (χ4v) is 2.77. The van der Waals surface area contributed by atoms with Gasteiger partial charge in [0.2, 0.25) is 5.91 Å². The van der Waals surface area contributed by atoms with Crippen molar-refractivity contribution < 1.29 is 32.6 Å². The van der Waals surface area contributed by atoms with Crippen molar-refractivity contribution in [3.63, 3.8) is 0 Å². The first-order valence-electron chi connectivity index (χ1n) is 9.57. The van der Waals surface area contributed by atoms with Gasteiger partial charge in [0.25, 0.3) is 0 Å². The van der Waals surface area contributed by atoms with E-state index in [1.165, 1.54) is 19.2 Å². The standard InChI is InChI=1S/C22H25F2NO5/c1-3-29-17-7-5-16(6-8-17)18(26)9-11-21(27)25-13-12-15-4-10-19(28-2)20(14-15)30-22(23)24/h4-8,10,14,22H,3,9,11-13H2,1-2H3,(H,25,27). The lowest BCUT2D eigenvalue weighted by molar-refractivity contribution is -0.121. The van der Waals surface area contributed by atoms with Gasteiger partial charge in [-0.15, -0.1) is 0 Å². The molecular weight excluding hydrogens is 396 g/mol. The number of carbonyl (C=O) groups excluding carboxylic acids is 2. The Kier molecular flexibility index (Phi) is 9.05. The summed E-state index contributed by atoms with van der Waals surface area (Å²) in [4.78, 5) is 24.2. The summed E-state index contributed by atoms with van der Waals surface area (Å²) in [6, 6.07) is 11.5. The van der Waals surface area contributed by atoms with E-state index in [0.29, 0.717) is 36.4 Å². The van der Waals surface area contributed by atoms with Crippen LogP contribution in [0, 0.1) is 0 Å². The molecule has 0 aliphatic rings. The van der Waals surface area contributed by atoms with Crippen molar-refractivity contribution in [2.24, 2.45) is 0 Å². The summed E-state index contributed by atoms with van der Waals surface area (Å²) in [5.41, 5.74) is 1.23. The summed E-state index contributed by atoms with van der Waals surface area (Å²) >= 11 is 0. The minimum atomic E-state index is -2.96. The minimum Gasteiger partial charge on any atom is -0.494 e. The Bertz CT molecular complexity index is 840. The van der Waals surface area contributed by atoms with Gasteiger partial charge in [0.05, 0.1) is 13.7 Å². The molecule has 0 radical (unpaired) electrons. The molecule has 0 bridgehead atoms. The molecule has 0 aliphatic heterocycles. The monoisotopic (exact) mass is 421 g/mol. The molecule has 0 spiro atoms. The Morgan fingerprint density at radius 3 is 2.40 bits per heavy atom. The Labute approximate surface area is 174 Å². The molecule has 2 aromatic rings. The van der Waals surface area contributed by atoms with Crippen LogP contribution < -0.4 is 19.5 Å². The second-order valence-corrected chi connectivity index (χ2v) is 6.34. The van der Waals surface area contributed by atoms with E-state index in [0.717, 1.165) is 0 Å². The Hall–Kier alpha value is -3.16. The summed E-state index contributed by atoms with van der Waals surface area (Å²) in [5, 5.41) is 2.72. The quantitative estimate of drug-likeness (QED) is 0.524. The number of Topliss-reactive ketones (excluding diaryl/α,β-unsaturated/α-hetero) is 1. The molecule has 0 saturated heterocycles. The fourth-order valence-electron chi connectivity index (χ4n) is 2.77. The molecule has 1 N–H and O–H groups in total. The molecule has 0 aliphatic carbocycles. The lowest BCUT2D eigenvalue weighted by atomic mass is 10.1. The summed E-state index contributed by atoms with van der Waals surface area (Å²) in [6.07, 6.45) is 0.575. The van der Waals surface area contributed by atoms with Crippen molar-refractivity contribution in [1.82, 2.24) is 5.32 Å². The van der Waals surface area contributed by atoms with Crippen LogP contribution in [0.25, 0.3) is 0 Å². The number of halogens is 2. The third-order valence-electron chi connectivity index (χ3n) is 4.25. The summed E-state index contributed by atoms with van der Waals surface area (Å²) in [7, 11) is 1.36. The number of alkyl halides is 2. The molecule has 0 unspecified atom stereocenters. The highest BCUT2D eigenvalue weighted by Gasteiger charge is 2.12. The van der Waals surface area contributed by atoms with Crippen LogP contribution in [-0.4, -0.2) is 38.6 Å². The van der Waals surface area contributed by atoms with Crippen LogP contribution in [-0.2, 0) is 11.2 Å². The van der Waals surface area contributed by atoms with E-state index in [9.17, 15) is 18.4 Å². The van der Waals surface area contributed by atoms with Gasteiger partial charge in [-0.2, -0.15) is 8.78 Å². The number of hydrogen-bond donors (Lipinski definition) is 1. The van der Waals surface area contributed by atoms with Gasteiger partial charge >= 0.3 is 6.61 Å². The molecular formula is C22H25F2NO5. The van der Waals surface area contributed by atoms with Crippen molar-refractivity contribution in [2.45, 2.75) is 32.8 Å². The number of hydrogen-bond acceptors (Lipinski definition) is 5. The number of rotatable bonds is 12. The number of amides is 1. The number of carbonyl (C=O) groups is 2. The van der Waals surface area contributed by atoms with Gasteiger partial charge in [-0.05, 0) is 55.3 Å². The van der Waals surface area contributed by atoms with Crippen LogP contribution in [0.2, 0.25) is 0 Å². The molecule has 8 heteroatoms. The van der Waals surface area contributed by atoms with Crippen LogP contribution >= 0.6 is 0 Å². The maximum absolute atomic E-state index is 12.5. The second-order valence-electron chi connectivity index (χ2n) is 6.34. The van der Waals surface area contributed by atoms with Gasteiger partial charge in [-0.25, -0.2) is 0 Å². The zero-order valence-corrected chi connectivity index (χ0v) is 17.0. The predicted molar refractivity (Wildman–Crippen MR) is 108 cm³/mol. The number of ether oxygens (including phenoxy) is 3. The van der Waals surface area contributed by atoms with Crippen LogP contribution in [0.3, 0.4) is 0 Å². The highest BCUT2D eigenvalue weighted by atomic mass is 19.3. The largest absolute Gasteiger partial charge is 0.494 e. The molecule has 0 heterocycles. The highest BCUT2D eigenvalue weighted by molar-refractivity contribution is 5.98. The van der Waals surface area contributed by atoms with Gasteiger partial charge in [0, 0.05) is 24.9 Å². The average molecular weight is 421 g/mol. The fraction of sp³-hybridized carbons (Fsp3) is 0.364. The summed E-state index contributed by atoms with van der Waals surface area (Å²) in [6.45, 7) is -0.231. The summed E-state index contributed by atoms with van der Waals surface area (Å²) < 4.78 is 39.7. The van der Waals surface area contributed by atoms with Gasteiger partial charge in [-0.3, -0.25) is 9.59 Å². The van der Waals surface area contributed by atoms with Gasteiger partial charge in [0.1, 0.15) is 5.75 Å². The molecule has 30 heavy (non-hydrogen) atoms. The Morgan fingerprint density at radius 1 is 1.03 bits per heavy atom. The molecule has 0 aromatic heterocycles. The Balaban J connectivity index is 1.77. The van der Waals surface area contributed by atoms with E-state index < -0.39 is 6.61 Å². The van der Waals surface area contributed by atoms with Crippen LogP contribution in [0.5, 0.6) is 17.2 Å². The molecule has 0 saturated carbocycles. The van der Waals surface area contributed by atoms with Crippen molar-refractivity contribution in [3.05, 3.63) is 53.6 Å². The normalized spacial score (nSPS) is 10.6. The molecule has 0 fully saturated rings. The van der Waals surface area contributed by atoms with Crippen molar-refractivity contribution in [1.29, 1.82) is 0 Å². The first kappa shape index (κ1) is 23.1. The number of ketones is 1. The maximum atomic E-state index is 12.5. The molecule has 1 amide bonds. The molecule has 162 valence electrons. The topological polar surface area (TPSA) is 73.9 Å². The van der Waals surface area contributed by atoms with Gasteiger partial charge < -0.3 is 19.5 Å². The SMILES string of the molecule is CCOc1ccc(C(=O)CCC(=O)NCCc2ccc(OC)c(OC(F)F)c2)cc1. The van der Waals surface area contributed by atoms with Gasteiger partial charge in [0.15, 0.2) is 17.3 Å². The lowest BCUT2D eigenvalue weighted by Crippen LogP contribution is -2.26. The zero-order valence-electron chi connectivity index (χ0n) is 17.0. The van der Waals surface area contributed by atoms with Crippen LogP contribution in [0.4, 0.5) is 8.78 Å². The first-order valence-corrected chi connectivity index (χ1v) is 9.57. The molecule has 2 aromatic carbocycles.